The molecular weight excluding hydrogens is 354 g/mol. The maximum atomic E-state index is 12.8. The second-order valence-corrected chi connectivity index (χ2v) is 6.27. The summed E-state index contributed by atoms with van der Waals surface area (Å²) in [6, 6.07) is 18.8. The van der Waals surface area contributed by atoms with Gasteiger partial charge in [-0.1, -0.05) is 30.3 Å². The van der Waals surface area contributed by atoms with Crippen LogP contribution in [0.15, 0.2) is 66.9 Å². The largest absolute Gasteiger partial charge is 0.497 e. The first-order valence-corrected chi connectivity index (χ1v) is 8.85. The summed E-state index contributed by atoms with van der Waals surface area (Å²) in [6.07, 6.45) is 1.61. The van der Waals surface area contributed by atoms with Crippen LogP contribution in [0.3, 0.4) is 0 Å². The topological polar surface area (TPSA) is 63.7 Å². The van der Waals surface area contributed by atoms with Crippen molar-refractivity contribution in [1.29, 1.82) is 0 Å². The fraction of sp³-hybridized carbons (Fsp3) is 0.182. The molecule has 0 aliphatic rings. The Morgan fingerprint density at radius 2 is 1.82 bits per heavy atom. The molecule has 0 fully saturated rings. The van der Waals surface area contributed by atoms with Crippen LogP contribution < -0.4 is 14.8 Å². The van der Waals surface area contributed by atoms with Crippen molar-refractivity contribution in [3.63, 3.8) is 0 Å². The van der Waals surface area contributed by atoms with Crippen molar-refractivity contribution in [3.8, 4) is 11.5 Å². The van der Waals surface area contributed by atoms with Gasteiger partial charge >= 0.3 is 0 Å². The molecule has 1 N–H and O–H groups in total. The molecule has 0 aliphatic heterocycles. The Morgan fingerprint density at radius 1 is 1.04 bits per heavy atom. The number of pyridine rings is 1. The van der Waals surface area contributed by atoms with Crippen LogP contribution in [0.4, 0.5) is 11.5 Å². The third-order valence-corrected chi connectivity index (χ3v) is 4.29. The monoisotopic (exact) mass is 377 g/mol. The van der Waals surface area contributed by atoms with Crippen LogP contribution in [-0.2, 0) is 6.54 Å². The zero-order valence-corrected chi connectivity index (χ0v) is 16.2. The third kappa shape index (κ3) is 4.59. The number of methoxy groups -OCH3 is 2. The van der Waals surface area contributed by atoms with Crippen LogP contribution in [0.25, 0.3) is 0 Å². The van der Waals surface area contributed by atoms with Crippen LogP contribution >= 0.6 is 0 Å². The molecular formula is C22H23N3O3. The highest BCUT2D eigenvalue weighted by molar-refractivity contribution is 5.94. The number of ether oxygens (including phenoxy) is 2. The van der Waals surface area contributed by atoms with E-state index in [1.54, 1.807) is 50.6 Å². The number of carbonyl (C=O) groups is 1. The number of hydrogen-bond donors (Lipinski definition) is 1. The second kappa shape index (κ2) is 8.90. The molecule has 0 bridgehead atoms. The molecule has 0 unspecified atom stereocenters. The van der Waals surface area contributed by atoms with Crippen LogP contribution in [-0.4, -0.2) is 37.1 Å². The van der Waals surface area contributed by atoms with E-state index in [9.17, 15) is 4.79 Å². The Balaban J connectivity index is 1.76. The van der Waals surface area contributed by atoms with Crippen molar-refractivity contribution in [2.24, 2.45) is 0 Å². The molecule has 0 atom stereocenters. The summed E-state index contributed by atoms with van der Waals surface area (Å²) < 4.78 is 10.6. The van der Waals surface area contributed by atoms with Gasteiger partial charge in [-0.2, -0.15) is 0 Å². The average Bonchev–Trinajstić information content (AvgIpc) is 2.74. The highest BCUT2D eigenvalue weighted by Crippen LogP contribution is 2.31. The SMILES string of the molecule is COc1ccc(Nc2cc(C(=O)N(C)Cc3ccccc3)ccn2)c(OC)c1. The Labute approximate surface area is 164 Å². The third-order valence-electron chi connectivity index (χ3n) is 4.29. The van der Waals surface area contributed by atoms with Crippen molar-refractivity contribution in [1.82, 2.24) is 9.88 Å². The number of anilines is 2. The number of amides is 1. The Morgan fingerprint density at radius 3 is 2.54 bits per heavy atom. The minimum atomic E-state index is -0.0731. The van der Waals surface area contributed by atoms with E-state index in [0.29, 0.717) is 29.4 Å². The van der Waals surface area contributed by atoms with Gasteiger partial charge in [0.15, 0.2) is 0 Å². The summed E-state index contributed by atoms with van der Waals surface area (Å²) in [5, 5.41) is 3.20. The maximum Gasteiger partial charge on any atom is 0.254 e. The molecule has 3 rings (SSSR count). The summed E-state index contributed by atoms with van der Waals surface area (Å²) in [6.45, 7) is 0.539. The van der Waals surface area contributed by atoms with Gasteiger partial charge in [-0.25, -0.2) is 4.98 Å². The van der Waals surface area contributed by atoms with Crippen molar-refractivity contribution in [2.45, 2.75) is 6.54 Å². The maximum absolute atomic E-state index is 12.8. The van der Waals surface area contributed by atoms with E-state index in [4.69, 9.17) is 9.47 Å². The number of carbonyl (C=O) groups excluding carboxylic acids is 1. The van der Waals surface area contributed by atoms with Gasteiger partial charge in [0.1, 0.15) is 17.3 Å². The smallest absolute Gasteiger partial charge is 0.254 e. The zero-order chi connectivity index (χ0) is 19.9. The van der Waals surface area contributed by atoms with Crippen molar-refractivity contribution < 1.29 is 14.3 Å². The number of nitrogens with zero attached hydrogens (tertiary/aromatic N) is 2. The predicted octanol–water partition coefficient (Wildman–Crippen LogP) is 4.11. The molecule has 3 aromatic rings. The van der Waals surface area contributed by atoms with Gasteiger partial charge in [0.2, 0.25) is 0 Å². The van der Waals surface area contributed by atoms with E-state index in [0.717, 1.165) is 11.3 Å². The van der Waals surface area contributed by atoms with Gasteiger partial charge in [-0.3, -0.25) is 4.79 Å². The number of benzene rings is 2. The quantitative estimate of drug-likeness (QED) is 0.671. The van der Waals surface area contributed by atoms with Crippen LogP contribution in [0.2, 0.25) is 0 Å². The standard InChI is InChI=1S/C22H23N3O3/c1-25(15-16-7-5-4-6-8-16)22(26)17-11-12-23-21(13-17)24-19-10-9-18(27-2)14-20(19)28-3/h4-14H,15H2,1-3H3,(H,23,24). The van der Waals surface area contributed by atoms with Gasteiger partial charge in [-0.05, 0) is 29.8 Å². The molecule has 28 heavy (non-hydrogen) atoms. The molecule has 0 aliphatic carbocycles. The highest BCUT2D eigenvalue weighted by atomic mass is 16.5. The van der Waals surface area contributed by atoms with E-state index >= 15 is 0 Å². The number of rotatable bonds is 7. The van der Waals surface area contributed by atoms with E-state index < -0.39 is 0 Å². The Hall–Kier alpha value is -3.54. The summed E-state index contributed by atoms with van der Waals surface area (Å²) in [5.74, 6) is 1.80. The minimum Gasteiger partial charge on any atom is -0.497 e. The first-order valence-electron chi connectivity index (χ1n) is 8.85. The molecule has 144 valence electrons. The molecule has 6 heteroatoms. The van der Waals surface area contributed by atoms with E-state index in [1.807, 2.05) is 42.5 Å². The molecule has 1 heterocycles. The van der Waals surface area contributed by atoms with Gasteiger partial charge in [0.25, 0.3) is 5.91 Å². The summed E-state index contributed by atoms with van der Waals surface area (Å²) in [7, 11) is 4.98. The van der Waals surface area contributed by atoms with Gasteiger partial charge in [0.05, 0.1) is 19.9 Å². The van der Waals surface area contributed by atoms with E-state index in [-0.39, 0.29) is 5.91 Å². The van der Waals surface area contributed by atoms with Gasteiger partial charge in [0, 0.05) is 31.4 Å². The molecule has 0 spiro atoms. The molecule has 6 nitrogen and oxygen atoms in total. The predicted molar refractivity (Wildman–Crippen MR) is 109 cm³/mol. The lowest BCUT2D eigenvalue weighted by Crippen LogP contribution is -2.26. The first kappa shape index (κ1) is 19.2. The fourth-order valence-corrected chi connectivity index (χ4v) is 2.82. The molecule has 1 amide bonds. The van der Waals surface area contributed by atoms with E-state index in [2.05, 4.69) is 10.3 Å². The van der Waals surface area contributed by atoms with Crippen LogP contribution in [0.1, 0.15) is 15.9 Å². The lowest BCUT2D eigenvalue weighted by molar-refractivity contribution is 0.0785. The Kier molecular flexibility index (Phi) is 6.11. The van der Waals surface area contributed by atoms with Crippen LogP contribution in [0, 0.1) is 0 Å². The van der Waals surface area contributed by atoms with Crippen molar-refractivity contribution in [3.05, 3.63) is 78.0 Å². The highest BCUT2D eigenvalue weighted by Gasteiger charge is 2.14. The molecule has 0 radical (unpaired) electrons. The number of nitrogens with one attached hydrogen (secondary N) is 1. The fourth-order valence-electron chi connectivity index (χ4n) is 2.82. The first-order chi connectivity index (χ1) is 13.6. The van der Waals surface area contributed by atoms with Gasteiger partial charge < -0.3 is 19.7 Å². The number of aromatic nitrogens is 1. The Bertz CT molecular complexity index is 945. The van der Waals surface area contributed by atoms with Crippen LogP contribution in [0.5, 0.6) is 11.5 Å². The summed E-state index contributed by atoms with van der Waals surface area (Å²) in [5.41, 5.74) is 2.37. The average molecular weight is 377 g/mol. The lowest BCUT2D eigenvalue weighted by atomic mass is 10.2. The lowest BCUT2D eigenvalue weighted by Gasteiger charge is -2.18. The van der Waals surface area contributed by atoms with Gasteiger partial charge in [-0.15, -0.1) is 0 Å². The minimum absolute atomic E-state index is 0.0731. The number of hydrogen-bond acceptors (Lipinski definition) is 5. The molecule has 0 saturated heterocycles. The zero-order valence-electron chi connectivity index (χ0n) is 16.2. The normalized spacial score (nSPS) is 10.2. The molecule has 1 aromatic heterocycles. The molecule has 0 saturated carbocycles. The van der Waals surface area contributed by atoms with Crippen molar-refractivity contribution >= 4 is 17.4 Å². The molecule has 2 aromatic carbocycles. The second-order valence-electron chi connectivity index (χ2n) is 6.27. The summed E-state index contributed by atoms with van der Waals surface area (Å²) in [4.78, 5) is 18.8. The van der Waals surface area contributed by atoms with Crippen molar-refractivity contribution in [2.75, 3.05) is 26.6 Å². The van der Waals surface area contributed by atoms with E-state index in [1.165, 1.54) is 0 Å². The summed E-state index contributed by atoms with van der Waals surface area (Å²) >= 11 is 0.